The number of fused-ring (bicyclic) bond motifs is 2. The number of nitrogens with zero attached hydrogens (tertiary/aromatic N) is 1. The van der Waals surface area contributed by atoms with Crippen LogP contribution in [-0.4, -0.2) is 17.6 Å². The van der Waals surface area contributed by atoms with Crippen LogP contribution < -0.4 is 5.32 Å². The summed E-state index contributed by atoms with van der Waals surface area (Å²) in [6.45, 7) is 6.26. The normalized spacial score (nSPS) is 27.3. The smallest absolute Gasteiger partial charge is 0.324 e. The van der Waals surface area contributed by atoms with Crippen molar-refractivity contribution >= 4 is 46.5 Å². The van der Waals surface area contributed by atoms with Gasteiger partial charge in [-0.1, -0.05) is 73.4 Å². The average Bonchev–Trinajstić information content (AvgIpc) is 3.06. The lowest BCUT2D eigenvalue weighted by atomic mass is 9.64. The molecule has 0 aromatic heterocycles. The molecule has 1 amide bonds. The molecule has 2 aromatic carbocycles. The van der Waals surface area contributed by atoms with Gasteiger partial charge < -0.3 is 10.2 Å². The first-order valence-electron chi connectivity index (χ1n) is 10.2. The van der Waals surface area contributed by atoms with E-state index in [-0.39, 0.29) is 11.3 Å². The molecule has 0 radical (unpaired) electrons. The van der Waals surface area contributed by atoms with Crippen LogP contribution in [0.5, 0.6) is 0 Å². The van der Waals surface area contributed by atoms with Gasteiger partial charge in [-0.25, -0.2) is 4.79 Å². The Balaban J connectivity index is 1.61. The van der Waals surface area contributed by atoms with Crippen molar-refractivity contribution in [1.29, 1.82) is 0 Å². The number of amides is 1. The van der Waals surface area contributed by atoms with Crippen molar-refractivity contribution in [1.82, 2.24) is 0 Å². The number of benzene rings is 2. The van der Waals surface area contributed by atoms with Gasteiger partial charge in [-0.15, -0.1) is 0 Å². The molecule has 4 rings (SSSR count). The van der Waals surface area contributed by atoms with Gasteiger partial charge in [0.2, 0.25) is 5.91 Å². The summed E-state index contributed by atoms with van der Waals surface area (Å²) >= 11 is 12.4. The second-order valence-corrected chi connectivity index (χ2v) is 9.84. The zero-order valence-corrected chi connectivity index (χ0v) is 19.2. The second-order valence-electron chi connectivity index (χ2n) is 9.05. The van der Waals surface area contributed by atoms with Crippen molar-refractivity contribution in [3.8, 4) is 0 Å². The Morgan fingerprint density at radius 1 is 1.00 bits per heavy atom. The van der Waals surface area contributed by atoms with Crippen LogP contribution in [0, 0.1) is 16.2 Å². The lowest BCUT2D eigenvalue weighted by Gasteiger charge is -2.39. The van der Waals surface area contributed by atoms with Gasteiger partial charge in [0.15, 0.2) is 0 Å². The molecule has 2 aliphatic rings. The Labute approximate surface area is 191 Å². The van der Waals surface area contributed by atoms with Gasteiger partial charge in [-0.2, -0.15) is 0 Å². The van der Waals surface area contributed by atoms with Crippen molar-refractivity contribution in [3.63, 3.8) is 0 Å². The van der Waals surface area contributed by atoms with Gasteiger partial charge in [-0.05, 0) is 42.5 Å². The number of oxime groups is 1. The zero-order valence-electron chi connectivity index (χ0n) is 17.7. The number of rotatable bonds is 4. The van der Waals surface area contributed by atoms with E-state index < -0.39 is 16.8 Å². The molecule has 2 fully saturated rings. The highest BCUT2D eigenvalue weighted by atomic mass is 35.5. The molecule has 0 aliphatic heterocycles. The van der Waals surface area contributed by atoms with Crippen LogP contribution in [0.2, 0.25) is 10.0 Å². The van der Waals surface area contributed by atoms with Crippen LogP contribution in [0.15, 0.2) is 53.7 Å². The summed E-state index contributed by atoms with van der Waals surface area (Å²) in [6, 6.07) is 13.9. The van der Waals surface area contributed by atoms with Crippen LogP contribution >= 0.6 is 23.2 Å². The van der Waals surface area contributed by atoms with Gasteiger partial charge in [0.25, 0.3) is 0 Å². The van der Waals surface area contributed by atoms with Crippen LogP contribution in [-0.2, 0) is 9.63 Å². The summed E-state index contributed by atoms with van der Waals surface area (Å²) in [6.07, 6.45) is 1.91. The maximum atomic E-state index is 13.5. The second kappa shape index (κ2) is 7.64. The maximum absolute atomic E-state index is 13.5. The average molecular weight is 459 g/mol. The Kier molecular flexibility index (Phi) is 5.39. The standard InChI is InChI=1S/C24H24Cl2N2O3/c1-22(2)23(3)12-13-24(22,21(30)27-17-11-7-10-16(25)19(17)26)14-18(23)28-31-20(29)15-8-5-4-6-9-15/h4-11H,12-14H2,1-3H3,(H,27,30). The Hall–Kier alpha value is -2.37. The van der Waals surface area contributed by atoms with Gasteiger partial charge in [0.05, 0.1) is 32.4 Å². The molecule has 2 aliphatic carbocycles. The third-order valence-corrected chi connectivity index (χ3v) is 8.44. The largest absolute Gasteiger partial charge is 0.365 e. The van der Waals surface area contributed by atoms with E-state index in [9.17, 15) is 9.59 Å². The molecule has 1 N–H and O–H groups in total. The molecule has 5 nitrogen and oxygen atoms in total. The number of nitrogens with one attached hydrogen (secondary N) is 1. The molecule has 2 unspecified atom stereocenters. The van der Waals surface area contributed by atoms with E-state index in [0.717, 1.165) is 12.1 Å². The number of carbonyl (C=O) groups is 2. The molecular formula is C24H24Cl2N2O3. The topological polar surface area (TPSA) is 67.8 Å². The first-order valence-corrected chi connectivity index (χ1v) is 11.0. The summed E-state index contributed by atoms with van der Waals surface area (Å²) in [5.41, 5.74) is 0.208. The summed E-state index contributed by atoms with van der Waals surface area (Å²) in [5.74, 6) is -0.633. The molecule has 2 aromatic rings. The van der Waals surface area contributed by atoms with Gasteiger partial charge >= 0.3 is 5.97 Å². The minimum Gasteiger partial charge on any atom is -0.324 e. The van der Waals surface area contributed by atoms with E-state index >= 15 is 0 Å². The highest BCUT2D eigenvalue weighted by molar-refractivity contribution is 6.44. The number of carbonyl (C=O) groups excluding carboxylic acids is 2. The Bertz CT molecular complexity index is 1080. The summed E-state index contributed by atoms with van der Waals surface area (Å²) in [7, 11) is 0. The van der Waals surface area contributed by atoms with Crippen LogP contribution in [0.4, 0.5) is 5.69 Å². The molecule has 0 spiro atoms. The molecule has 7 heteroatoms. The van der Waals surface area contributed by atoms with E-state index in [1.807, 2.05) is 6.07 Å². The third-order valence-electron chi connectivity index (χ3n) is 7.62. The van der Waals surface area contributed by atoms with Crippen molar-refractivity contribution < 1.29 is 14.4 Å². The molecule has 2 atom stereocenters. The SMILES string of the molecule is CC12CCC(C(=O)Nc3cccc(Cl)c3Cl)(CC1=NOC(=O)c1ccccc1)C2(C)C. The molecule has 0 saturated heterocycles. The number of anilines is 1. The minimum absolute atomic E-state index is 0.120. The van der Waals surface area contributed by atoms with Gasteiger partial charge in [0.1, 0.15) is 0 Å². The summed E-state index contributed by atoms with van der Waals surface area (Å²) in [5, 5.41) is 7.93. The monoisotopic (exact) mass is 458 g/mol. The van der Waals surface area contributed by atoms with Crippen LogP contribution in [0.1, 0.15) is 50.4 Å². The van der Waals surface area contributed by atoms with Crippen molar-refractivity contribution in [2.75, 3.05) is 5.32 Å². The lowest BCUT2D eigenvalue weighted by molar-refractivity contribution is -0.130. The van der Waals surface area contributed by atoms with Crippen molar-refractivity contribution in [3.05, 3.63) is 64.1 Å². The predicted octanol–water partition coefficient (Wildman–Crippen LogP) is 6.36. The fourth-order valence-corrected chi connectivity index (χ4v) is 5.44. The van der Waals surface area contributed by atoms with E-state index in [1.54, 1.807) is 42.5 Å². The number of hydrogen-bond acceptors (Lipinski definition) is 4. The van der Waals surface area contributed by atoms with Crippen LogP contribution in [0.25, 0.3) is 0 Å². The quantitative estimate of drug-likeness (QED) is 0.427. The highest BCUT2D eigenvalue weighted by Crippen LogP contribution is 2.71. The van der Waals surface area contributed by atoms with E-state index in [1.165, 1.54) is 0 Å². The molecule has 2 bridgehead atoms. The zero-order chi connectivity index (χ0) is 22.4. The molecule has 0 heterocycles. The Morgan fingerprint density at radius 2 is 1.71 bits per heavy atom. The summed E-state index contributed by atoms with van der Waals surface area (Å²) in [4.78, 5) is 31.2. The van der Waals surface area contributed by atoms with Gasteiger partial charge in [0, 0.05) is 11.8 Å². The van der Waals surface area contributed by atoms with Gasteiger partial charge in [-0.3, -0.25) is 4.79 Å². The number of hydrogen-bond donors (Lipinski definition) is 1. The lowest BCUT2D eigenvalue weighted by Crippen LogP contribution is -2.43. The molecule has 31 heavy (non-hydrogen) atoms. The molecule has 2 saturated carbocycles. The maximum Gasteiger partial charge on any atom is 0.365 e. The third kappa shape index (κ3) is 3.26. The van der Waals surface area contributed by atoms with E-state index in [0.29, 0.717) is 34.1 Å². The van der Waals surface area contributed by atoms with E-state index in [4.69, 9.17) is 28.0 Å². The first kappa shape index (κ1) is 21.8. The van der Waals surface area contributed by atoms with E-state index in [2.05, 4.69) is 31.2 Å². The van der Waals surface area contributed by atoms with Crippen LogP contribution in [0.3, 0.4) is 0 Å². The minimum atomic E-state index is -0.689. The highest BCUT2D eigenvalue weighted by Gasteiger charge is 2.71. The van der Waals surface area contributed by atoms with Crippen molar-refractivity contribution in [2.24, 2.45) is 21.4 Å². The first-order chi connectivity index (χ1) is 14.6. The molecular weight excluding hydrogens is 435 g/mol. The Morgan fingerprint density at radius 3 is 2.42 bits per heavy atom. The fraction of sp³-hybridized carbons (Fsp3) is 0.375. The molecule has 162 valence electrons. The summed E-state index contributed by atoms with van der Waals surface area (Å²) < 4.78 is 0. The number of halogens is 2. The predicted molar refractivity (Wildman–Crippen MR) is 123 cm³/mol. The van der Waals surface area contributed by atoms with Crippen molar-refractivity contribution in [2.45, 2.75) is 40.0 Å². The fourth-order valence-electron chi connectivity index (χ4n) is 5.09.